The van der Waals surface area contributed by atoms with Crippen molar-refractivity contribution in [1.29, 1.82) is 0 Å². The molecule has 0 bridgehead atoms. The van der Waals surface area contributed by atoms with Crippen LogP contribution in [0.1, 0.15) is 40.0 Å². The average molecular weight is 373 g/mol. The molecule has 1 aliphatic heterocycles. The van der Waals surface area contributed by atoms with E-state index in [1.54, 1.807) is 30.3 Å². The molecule has 3 N–H and O–H groups in total. The van der Waals surface area contributed by atoms with Crippen LogP contribution in [-0.2, 0) is 14.3 Å². The molecule has 2 heterocycles. The van der Waals surface area contributed by atoms with Crippen LogP contribution in [0.5, 0.6) is 0 Å². The SMILES string of the molecule is NC(=O)c1ncn([C@H]2CC[C@@H](COC(=O)CNC(=O)c3ccccc3)O2)n1. The topological polar surface area (TPSA) is 138 Å². The molecule has 0 spiro atoms. The second kappa shape index (κ2) is 8.41. The lowest BCUT2D eigenvalue weighted by atomic mass is 10.2. The summed E-state index contributed by atoms with van der Waals surface area (Å²) in [5, 5.41) is 6.45. The predicted octanol–water partition coefficient (Wildman–Crippen LogP) is 0.0278. The third kappa shape index (κ3) is 4.88. The maximum atomic E-state index is 11.9. The fraction of sp³-hybridized carbons (Fsp3) is 0.353. The summed E-state index contributed by atoms with van der Waals surface area (Å²) in [4.78, 5) is 38.5. The Morgan fingerprint density at radius 1 is 1.26 bits per heavy atom. The summed E-state index contributed by atoms with van der Waals surface area (Å²) in [6.07, 6.45) is 1.96. The van der Waals surface area contributed by atoms with E-state index in [9.17, 15) is 14.4 Å². The highest BCUT2D eigenvalue weighted by Gasteiger charge is 2.28. The Labute approximate surface area is 154 Å². The van der Waals surface area contributed by atoms with Crippen LogP contribution in [0.2, 0.25) is 0 Å². The van der Waals surface area contributed by atoms with Gasteiger partial charge < -0.3 is 20.5 Å². The molecule has 2 atom stereocenters. The van der Waals surface area contributed by atoms with Crippen LogP contribution < -0.4 is 11.1 Å². The van der Waals surface area contributed by atoms with Gasteiger partial charge >= 0.3 is 5.97 Å². The van der Waals surface area contributed by atoms with Gasteiger partial charge in [-0.2, -0.15) is 0 Å². The summed E-state index contributed by atoms with van der Waals surface area (Å²) in [6, 6.07) is 8.58. The first-order valence-corrected chi connectivity index (χ1v) is 8.38. The maximum Gasteiger partial charge on any atom is 0.325 e. The number of rotatable bonds is 7. The molecular weight excluding hydrogens is 354 g/mol. The highest BCUT2D eigenvalue weighted by molar-refractivity contribution is 5.95. The zero-order valence-corrected chi connectivity index (χ0v) is 14.4. The summed E-state index contributed by atoms with van der Waals surface area (Å²) in [5.41, 5.74) is 5.58. The molecule has 10 nitrogen and oxygen atoms in total. The molecule has 0 aliphatic carbocycles. The number of hydrogen-bond acceptors (Lipinski definition) is 7. The molecule has 1 aromatic heterocycles. The van der Waals surface area contributed by atoms with Gasteiger partial charge in [-0.1, -0.05) is 18.2 Å². The van der Waals surface area contributed by atoms with Crippen LogP contribution >= 0.6 is 0 Å². The quantitative estimate of drug-likeness (QED) is 0.653. The number of ether oxygens (including phenoxy) is 2. The summed E-state index contributed by atoms with van der Waals surface area (Å²) in [6.45, 7) is -0.164. The van der Waals surface area contributed by atoms with Crippen LogP contribution in [0.4, 0.5) is 0 Å². The Balaban J connectivity index is 1.39. The van der Waals surface area contributed by atoms with E-state index in [1.165, 1.54) is 11.0 Å². The number of primary amides is 1. The number of hydrogen-bond donors (Lipinski definition) is 2. The Bertz CT molecular complexity index is 822. The standard InChI is InChI=1S/C17H19N5O5/c18-15(24)16-20-10-22(21-16)13-7-6-12(27-13)9-26-14(23)8-19-17(25)11-4-2-1-3-5-11/h1-5,10,12-13H,6-9H2,(H2,18,24)(H,19,25)/t12-,13+/m0/s1. The molecule has 1 aromatic carbocycles. The number of carbonyl (C=O) groups excluding carboxylic acids is 3. The molecule has 1 aliphatic rings. The van der Waals surface area contributed by atoms with Crippen molar-refractivity contribution in [2.24, 2.45) is 5.73 Å². The highest BCUT2D eigenvalue weighted by atomic mass is 16.6. The second-order valence-corrected chi connectivity index (χ2v) is 5.93. The second-order valence-electron chi connectivity index (χ2n) is 5.93. The molecule has 142 valence electrons. The van der Waals surface area contributed by atoms with Crippen LogP contribution in [-0.4, -0.2) is 51.8 Å². The molecule has 0 radical (unpaired) electrons. The van der Waals surface area contributed by atoms with Crippen molar-refractivity contribution < 1.29 is 23.9 Å². The molecule has 1 fully saturated rings. The van der Waals surface area contributed by atoms with Gasteiger partial charge in [-0.25, -0.2) is 9.67 Å². The van der Waals surface area contributed by atoms with Crippen molar-refractivity contribution in [2.45, 2.75) is 25.2 Å². The Hall–Kier alpha value is -3.27. The number of amides is 2. The van der Waals surface area contributed by atoms with Crippen molar-refractivity contribution in [1.82, 2.24) is 20.1 Å². The van der Waals surface area contributed by atoms with Gasteiger partial charge in [0.1, 0.15) is 19.5 Å². The normalized spacial score (nSPS) is 18.8. The first-order valence-electron chi connectivity index (χ1n) is 8.38. The lowest BCUT2D eigenvalue weighted by molar-refractivity contribution is -0.147. The van der Waals surface area contributed by atoms with Crippen molar-refractivity contribution in [2.75, 3.05) is 13.2 Å². The van der Waals surface area contributed by atoms with E-state index in [-0.39, 0.29) is 31.0 Å². The predicted molar refractivity (Wildman–Crippen MR) is 91.4 cm³/mol. The molecule has 3 rings (SSSR count). The number of esters is 1. The van der Waals surface area contributed by atoms with E-state index in [2.05, 4.69) is 15.4 Å². The monoisotopic (exact) mass is 373 g/mol. The summed E-state index contributed by atoms with van der Waals surface area (Å²) in [7, 11) is 0. The van der Waals surface area contributed by atoms with Crippen LogP contribution in [0.25, 0.3) is 0 Å². The Morgan fingerprint density at radius 2 is 2.04 bits per heavy atom. The average Bonchev–Trinajstić information content (AvgIpc) is 3.34. The van der Waals surface area contributed by atoms with Gasteiger partial charge in [-0.15, -0.1) is 5.10 Å². The van der Waals surface area contributed by atoms with Gasteiger partial charge in [0.2, 0.25) is 5.82 Å². The minimum atomic E-state index is -0.713. The molecular formula is C17H19N5O5. The molecule has 2 amide bonds. The maximum absolute atomic E-state index is 11.9. The third-order valence-corrected chi connectivity index (χ3v) is 3.97. The number of nitrogens with zero attached hydrogens (tertiary/aromatic N) is 3. The van der Waals surface area contributed by atoms with Crippen LogP contribution in [0.15, 0.2) is 36.7 Å². The van der Waals surface area contributed by atoms with Gasteiger partial charge in [0.25, 0.3) is 11.8 Å². The largest absolute Gasteiger partial charge is 0.462 e. The fourth-order valence-electron chi connectivity index (χ4n) is 2.61. The van der Waals surface area contributed by atoms with E-state index >= 15 is 0 Å². The zero-order valence-electron chi connectivity index (χ0n) is 14.4. The number of nitrogens with one attached hydrogen (secondary N) is 1. The van der Waals surface area contributed by atoms with Gasteiger partial charge in [-0.3, -0.25) is 14.4 Å². The highest BCUT2D eigenvalue weighted by Crippen LogP contribution is 2.27. The summed E-state index contributed by atoms with van der Waals surface area (Å²) in [5.74, 6) is -1.69. The molecule has 0 unspecified atom stereocenters. The third-order valence-electron chi connectivity index (χ3n) is 3.97. The fourth-order valence-corrected chi connectivity index (χ4v) is 2.61. The lowest BCUT2D eigenvalue weighted by Crippen LogP contribution is -2.32. The van der Waals surface area contributed by atoms with Gasteiger partial charge in [0, 0.05) is 5.56 Å². The van der Waals surface area contributed by atoms with Gasteiger partial charge in [0.15, 0.2) is 6.23 Å². The van der Waals surface area contributed by atoms with E-state index < -0.39 is 18.1 Å². The Kier molecular flexibility index (Phi) is 5.77. The van der Waals surface area contributed by atoms with E-state index in [0.29, 0.717) is 18.4 Å². The molecule has 27 heavy (non-hydrogen) atoms. The summed E-state index contributed by atoms with van der Waals surface area (Å²) >= 11 is 0. The minimum absolute atomic E-state index is 0.0634. The smallest absolute Gasteiger partial charge is 0.325 e. The zero-order chi connectivity index (χ0) is 19.2. The number of nitrogens with two attached hydrogens (primary N) is 1. The van der Waals surface area contributed by atoms with Gasteiger partial charge in [0.05, 0.1) is 6.10 Å². The lowest BCUT2D eigenvalue weighted by Gasteiger charge is -2.14. The van der Waals surface area contributed by atoms with Crippen molar-refractivity contribution in [3.8, 4) is 0 Å². The molecule has 2 aromatic rings. The van der Waals surface area contributed by atoms with Crippen molar-refractivity contribution in [3.63, 3.8) is 0 Å². The first-order chi connectivity index (χ1) is 13.0. The number of aromatic nitrogens is 3. The summed E-state index contributed by atoms with van der Waals surface area (Å²) < 4.78 is 12.3. The molecule has 0 saturated carbocycles. The van der Waals surface area contributed by atoms with Crippen molar-refractivity contribution >= 4 is 17.8 Å². The number of carbonyl (C=O) groups is 3. The van der Waals surface area contributed by atoms with Crippen molar-refractivity contribution in [3.05, 3.63) is 48.0 Å². The minimum Gasteiger partial charge on any atom is -0.462 e. The van der Waals surface area contributed by atoms with Crippen LogP contribution in [0, 0.1) is 0 Å². The van der Waals surface area contributed by atoms with E-state index in [0.717, 1.165) is 0 Å². The molecule has 1 saturated heterocycles. The van der Waals surface area contributed by atoms with E-state index in [1.807, 2.05) is 0 Å². The Morgan fingerprint density at radius 3 is 2.74 bits per heavy atom. The number of benzene rings is 1. The van der Waals surface area contributed by atoms with Gasteiger partial charge in [-0.05, 0) is 25.0 Å². The van der Waals surface area contributed by atoms with Crippen LogP contribution in [0.3, 0.4) is 0 Å². The first kappa shape index (κ1) is 18.5. The van der Waals surface area contributed by atoms with E-state index in [4.69, 9.17) is 15.2 Å². The molecule has 10 heteroatoms.